The topological polar surface area (TPSA) is 112 Å². The summed E-state index contributed by atoms with van der Waals surface area (Å²) < 4.78 is 11.0. The Bertz CT molecular complexity index is 902. The first kappa shape index (κ1) is 19.3. The minimum atomic E-state index is -0.992. The number of hydrogen-bond donors (Lipinski definition) is 0. The van der Waals surface area contributed by atoms with Crippen molar-refractivity contribution < 1.29 is 24.0 Å². The van der Waals surface area contributed by atoms with Crippen LogP contribution in [0.5, 0.6) is 5.75 Å². The molecule has 9 nitrogen and oxygen atoms in total. The molecule has 2 unspecified atom stereocenters. The smallest absolute Gasteiger partial charge is 0.366 e. The molecule has 1 aliphatic heterocycles. The molecule has 2 atom stereocenters. The number of nitrogens with zero attached hydrogens (tertiary/aromatic N) is 3. The fourth-order valence-corrected chi connectivity index (χ4v) is 2.70. The van der Waals surface area contributed by atoms with Crippen LogP contribution in [-0.4, -0.2) is 34.4 Å². The number of esters is 1. The van der Waals surface area contributed by atoms with Crippen molar-refractivity contribution in [3.05, 3.63) is 58.1 Å². The van der Waals surface area contributed by atoms with Gasteiger partial charge >= 0.3 is 11.8 Å². The number of carbonyl (C=O) groups is 2. The van der Waals surface area contributed by atoms with Gasteiger partial charge in [0.1, 0.15) is 6.54 Å². The van der Waals surface area contributed by atoms with Crippen molar-refractivity contribution >= 4 is 23.5 Å². The lowest BCUT2D eigenvalue weighted by Crippen LogP contribution is -2.45. The molecule has 0 saturated carbocycles. The van der Waals surface area contributed by atoms with E-state index >= 15 is 0 Å². The van der Waals surface area contributed by atoms with Gasteiger partial charge in [-0.25, -0.2) is 0 Å². The lowest BCUT2D eigenvalue weighted by atomic mass is 10.1. The van der Waals surface area contributed by atoms with E-state index in [9.17, 15) is 19.7 Å². The van der Waals surface area contributed by atoms with Crippen LogP contribution in [0.1, 0.15) is 31.9 Å². The summed E-state index contributed by atoms with van der Waals surface area (Å²) in [5.41, 5.74) is 0.594. The van der Waals surface area contributed by atoms with E-state index < -0.39 is 35.3 Å². The summed E-state index contributed by atoms with van der Waals surface area (Å²) in [6.07, 6.45) is -0.685. The number of fused-ring (bicyclic) bond motifs is 1. The first-order chi connectivity index (χ1) is 13.4. The summed E-state index contributed by atoms with van der Waals surface area (Å²) >= 11 is 0. The number of aromatic nitrogens is 1. The molecule has 0 bridgehead atoms. The summed E-state index contributed by atoms with van der Waals surface area (Å²) in [6.45, 7) is 3.18. The van der Waals surface area contributed by atoms with Gasteiger partial charge in [-0.1, -0.05) is 37.3 Å². The molecule has 1 aromatic heterocycles. The van der Waals surface area contributed by atoms with Gasteiger partial charge in [-0.15, -0.1) is 0 Å². The van der Waals surface area contributed by atoms with E-state index in [-0.39, 0.29) is 17.7 Å². The SMILES string of the molecule is CCC(C)OC(=O)CN1C(=O)C(c2ccccc2)Oc2ccc([N+](=O)[O-])nc21. The van der Waals surface area contributed by atoms with Gasteiger partial charge in [0.25, 0.3) is 11.7 Å². The van der Waals surface area contributed by atoms with E-state index in [4.69, 9.17) is 9.47 Å². The second-order valence-corrected chi connectivity index (χ2v) is 6.29. The molecular formula is C19H19N3O6. The quantitative estimate of drug-likeness (QED) is 0.427. The van der Waals surface area contributed by atoms with Gasteiger partial charge in [0.15, 0.2) is 5.75 Å². The molecule has 0 fully saturated rings. The van der Waals surface area contributed by atoms with E-state index in [1.165, 1.54) is 12.1 Å². The largest absolute Gasteiger partial charge is 0.469 e. The van der Waals surface area contributed by atoms with Crippen molar-refractivity contribution in [2.45, 2.75) is 32.5 Å². The lowest BCUT2D eigenvalue weighted by Gasteiger charge is -2.30. The van der Waals surface area contributed by atoms with E-state index in [1.54, 1.807) is 37.3 Å². The Morgan fingerprint density at radius 3 is 2.68 bits per heavy atom. The van der Waals surface area contributed by atoms with E-state index in [0.29, 0.717) is 12.0 Å². The number of carbonyl (C=O) groups excluding carboxylic acids is 2. The molecule has 146 valence electrons. The van der Waals surface area contributed by atoms with Crippen LogP contribution in [0.3, 0.4) is 0 Å². The van der Waals surface area contributed by atoms with Crippen LogP contribution in [0, 0.1) is 10.1 Å². The number of ether oxygens (including phenoxy) is 2. The van der Waals surface area contributed by atoms with Crippen molar-refractivity contribution in [3.63, 3.8) is 0 Å². The summed E-state index contributed by atoms with van der Waals surface area (Å²) in [4.78, 5) is 40.7. The van der Waals surface area contributed by atoms with Gasteiger partial charge in [0, 0.05) is 11.6 Å². The Balaban J connectivity index is 1.98. The van der Waals surface area contributed by atoms with E-state index in [0.717, 1.165) is 4.90 Å². The average molecular weight is 385 g/mol. The fourth-order valence-electron chi connectivity index (χ4n) is 2.70. The number of benzene rings is 1. The van der Waals surface area contributed by atoms with Crippen LogP contribution in [-0.2, 0) is 14.3 Å². The number of hydrogen-bond acceptors (Lipinski definition) is 7. The van der Waals surface area contributed by atoms with Crippen LogP contribution in [0.2, 0.25) is 0 Å². The highest BCUT2D eigenvalue weighted by Gasteiger charge is 2.41. The molecule has 9 heteroatoms. The third-order valence-electron chi connectivity index (χ3n) is 4.30. The normalized spacial score (nSPS) is 16.7. The number of rotatable bonds is 6. The second-order valence-electron chi connectivity index (χ2n) is 6.29. The van der Waals surface area contributed by atoms with Gasteiger partial charge in [0.05, 0.1) is 6.10 Å². The van der Waals surface area contributed by atoms with Gasteiger partial charge in [-0.3, -0.25) is 14.5 Å². The van der Waals surface area contributed by atoms with Crippen LogP contribution in [0.4, 0.5) is 11.6 Å². The Morgan fingerprint density at radius 2 is 2.04 bits per heavy atom. The Labute approximate surface area is 161 Å². The van der Waals surface area contributed by atoms with Crippen LogP contribution in [0.25, 0.3) is 0 Å². The minimum absolute atomic E-state index is 0.0764. The third-order valence-corrected chi connectivity index (χ3v) is 4.30. The molecule has 1 aliphatic rings. The molecule has 0 aliphatic carbocycles. The van der Waals surface area contributed by atoms with Gasteiger partial charge in [-0.2, -0.15) is 0 Å². The van der Waals surface area contributed by atoms with Crippen molar-refractivity contribution in [1.29, 1.82) is 0 Å². The van der Waals surface area contributed by atoms with Gasteiger partial charge < -0.3 is 19.6 Å². The standard InChI is InChI=1S/C19H19N3O6/c1-3-12(2)27-16(23)11-21-18-14(9-10-15(20-18)22(25)26)28-17(19(21)24)13-7-5-4-6-8-13/h4-10,12,17H,3,11H2,1-2H3. The van der Waals surface area contributed by atoms with Crippen LogP contribution < -0.4 is 9.64 Å². The Hall–Kier alpha value is -3.49. The molecule has 0 radical (unpaired) electrons. The molecule has 0 N–H and O–H groups in total. The van der Waals surface area contributed by atoms with Crippen molar-refractivity contribution in [2.75, 3.05) is 11.4 Å². The van der Waals surface area contributed by atoms with Crippen molar-refractivity contribution in [3.8, 4) is 5.75 Å². The number of nitro groups is 1. The molecule has 0 spiro atoms. The number of pyridine rings is 1. The van der Waals surface area contributed by atoms with E-state index in [1.807, 2.05) is 6.92 Å². The summed E-state index contributed by atoms with van der Waals surface area (Å²) in [6, 6.07) is 11.3. The van der Waals surface area contributed by atoms with Crippen LogP contribution in [0.15, 0.2) is 42.5 Å². The molecule has 2 aromatic rings. The first-order valence-electron chi connectivity index (χ1n) is 8.78. The van der Waals surface area contributed by atoms with E-state index in [2.05, 4.69) is 4.98 Å². The molecule has 3 rings (SSSR count). The molecule has 1 aromatic carbocycles. The van der Waals surface area contributed by atoms with Gasteiger partial charge in [0.2, 0.25) is 6.10 Å². The van der Waals surface area contributed by atoms with Crippen molar-refractivity contribution in [2.24, 2.45) is 0 Å². The number of amides is 1. The maximum Gasteiger partial charge on any atom is 0.366 e. The third kappa shape index (κ3) is 3.93. The molecule has 2 heterocycles. The highest BCUT2D eigenvalue weighted by Crippen LogP contribution is 2.38. The zero-order valence-corrected chi connectivity index (χ0v) is 15.4. The molecule has 28 heavy (non-hydrogen) atoms. The number of anilines is 1. The zero-order valence-electron chi connectivity index (χ0n) is 15.4. The summed E-state index contributed by atoms with van der Waals surface area (Å²) in [5, 5.41) is 11.1. The fraction of sp³-hybridized carbons (Fsp3) is 0.316. The minimum Gasteiger partial charge on any atom is -0.469 e. The summed E-state index contributed by atoms with van der Waals surface area (Å²) in [5.74, 6) is -1.53. The molecular weight excluding hydrogens is 366 g/mol. The zero-order chi connectivity index (χ0) is 20.3. The Morgan fingerprint density at radius 1 is 1.32 bits per heavy atom. The molecule has 0 saturated heterocycles. The maximum atomic E-state index is 13.0. The highest BCUT2D eigenvalue weighted by atomic mass is 16.6. The van der Waals surface area contributed by atoms with Gasteiger partial charge in [-0.05, 0) is 29.3 Å². The lowest BCUT2D eigenvalue weighted by molar-refractivity contribution is -0.389. The highest BCUT2D eigenvalue weighted by molar-refractivity contribution is 6.02. The van der Waals surface area contributed by atoms with Crippen molar-refractivity contribution in [1.82, 2.24) is 4.98 Å². The summed E-state index contributed by atoms with van der Waals surface area (Å²) in [7, 11) is 0. The average Bonchev–Trinajstić information content (AvgIpc) is 2.70. The second kappa shape index (κ2) is 8.03. The first-order valence-corrected chi connectivity index (χ1v) is 8.78. The maximum absolute atomic E-state index is 13.0. The molecule has 1 amide bonds. The predicted molar refractivity (Wildman–Crippen MR) is 98.9 cm³/mol. The van der Waals surface area contributed by atoms with Crippen LogP contribution >= 0.6 is 0 Å². The Kier molecular flexibility index (Phi) is 5.53. The monoisotopic (exact) mass is 385 g/mol. The predicted octanol–water partition coefficient (Wildman–Crippen LogP) is 2.80.